The summed E-state index contributed by atoms with van der Waals surface area (Å²) < 4.78 is 34.5. The molecule has 1 heterocycles. The SMILES string of the molecule is CCN(CC)Cc1cc(CN[C@@H](C)c2cnn(-c3ccc(F)cc3F)c2C)ccc1OC. The average Bonchev–Trinajstić information content (AvgIpc) is 3.17. The van der Waals surface area contributed by atoms with Crippen molar-refractivity contribution in [1.82, 2.24) is 20.0 Å². The number of hydrogen-bond donors (Lipinski definition) is 1. The molecule has 32 heavy (non-hydrogen) atoms. The normalized spacial score (nSPS) is 12.4. The molecule has 0 bridgehead atoms. The molecular formula is C25H32F2N4O. The van der Waals surface area contributed by atoms with Crippen molar-refractivity contribution in [1.29, 1.82) is 0 Å². The van der Waals surface area contributed by atoms with Crippen LogP contribution in [-0.2, 0) is 13.1 Å². The van der Waals surface area contributed by atoms with E-state index in [0.29, 0.717) is 6.54 Å². The lowest BCUT2D eigenvalue weighted by Gasteiger charge is -2.21. The molecule has 7 heteroatoms. The standard InChI is InChI=1S/C25H32F2N4O/c1-6-30(7-2)16-20-12-19(8-11-25(20)32-5)14-28-17(3)22-15-29-31(18(22)4)24-10-9-21(26)13-23(24)27/h8-13,15,17,28H,6-7,14,16H2,1-5H3/t17-/m0/s1. The molecule has 0 saturated heterocycles. The zero-order valence-electron chi connectivity index (χ0n) is 19.5. The Balaban J connectivity index is 1.73. The van der Waals surface area contributed by atoms with Crippen LogP contribution in [0.25, 0.3) is 5.69 Å². The van der Waals surface area contributed by atoms with Crippen molar-refractivity contribution >= 4 is 0 Å². The Bertz CT molecular complexity index is 1050. The van der Waals surface area contributed by atoms with Gasteiger partial charge in [-0.3, -0.25) is 4.90 Å². The van der Waals surface area contributed by atoms with Gasteiger partial charge in [0, 0.05) is 42.0 Å². The van der Waals surface area contributed by atoms with Crippen molar-refractivity contribution in [3.05, 3.63) is 76.6 Å². The predicted octanol–water partition coefficient (Wildman–Crippen LogP) is 5.16. The van der Waals surface area contributed by atoms with E-state index >= 15 is 0 Å². The topological polar surface area (TPSA) is 42.3 Å². The van der Waals surface area contributed by atoms with E-state index in [-0.39, 0.29) is 11.7 Å². The first kappa shape index (κ1) is 23.9. The smallest absolute Gasteiger partial charge is 0.151 e. The molecule has 0 spiro atoms. The fourth-order valence-electron chi connectivity index (χ4n) is 3.88. The van der Waals surface area contributed by atoms with Crippen LogP contribution in [-0.4, -0.2) is 34.9 Å². The number of nitrogens with one attached hydrogen (secondary N) is 1. The Labute approximate surface area is 189 Å². The third-order valence-electron chi connectivity index (χ3n) is 5.90. The first-order chi connectivity index (χ1) is 15.4. The molecule has 2 aromatic carbocycles. The minimum absolute atomic E-state index is 0.000549. The third kappa shape index (κ3) is 5.34. The number of nitrogens with zero attached hydrogens (tertiary/aromatic N) is 3. The van der Waals surface area contributed by atoms with Gasteiger partial charge in [-0.1, -0.05) is 19.9 Å². The summed E-state index contributed by atoms with van der Waals surface area (Å²) in [5.41, 5.74) is 4.34. The zero-order chi connectivity index (χ0) is 23.3. The van der Waals surface area contributed by atoms with E-state index in [0.717, 1.165) is 48.3 Å². The van der Waals surface area contributed by atoms with Crippen LogP contribution in [0.2, 0.25) is 0 Å². The summed E-state index contributed by atoms with van der Waals surface area (Å²) in [4.78, 5) is 2.35. The van der Waals surface area contributed by atoms with Crippen LogP contribution < -0.4 is 10.1 Å². The molecule has 0 fully saturated rings. The third-order valence-corrected chi connectivity index (χ3v) is 5.90. The van der Waals surface area contributed by atoms with E-state index < -0.39 is 11.6 Å². The molecule has 1 atom stereocenters. The number of rotatable bonds is 10. The Kier molecular flexibility index (Phi) is 7.99. The fourth-order valence-corrected chi connectivity index (χ4v) is 3.88. The summed E-state index contributed by atoms with van der Waals surface area (Å²) in [6, 6.07) is 9.77. The maximum atomic E-state index is 14.2. The highest BCUT2D eigenvalue weighted by molar-refractivity contribution is 5.38. The second-order valence-corrected chi connectivity index (χ2v) is 7.90. The average molecular weight is 443 g/mol. The lowest BCUT2D eigenvalue weighted by atomic mass is 10.1. The van der Waals surface area contributed by atoms with Crippen molar-refractivity contribution in [2.24, 2.45) is 0 Å². The summed E-state index contributed by atoms with van der Waals surface area (Å²) in [6.45, 7) is 11.7. The number of ether oxygens (including phenoxy) is 1. The fraction of sp³-hybridized carbons (Fsp3) is 0.400. The molecule has 3 aromatic rings. The van der Waals surface area contributed by atoms with E-state index in [4.69, 9.17) is 4.74 Å². The number of halogens is 2. The first-order valence-corrected chi connectivity index (χ1v) is 11.0. The highest BCUT2D eigenvalue weighted by atomic mass is 19.1. The maximum Gasteiger partial charge on any atom is 0.151 e. The van der Waals surface area contributed by atoms with Crippen LogP contribution in [0.3, 0.4) is 0 Å². The van der Waals surface area contributed by atoms with E-state index in [1.807, 2.05) is 13.0 Å². The van der Waals surface area contributed by atoms with E-state index in [9.17, 15) is 8.78 Å². The Hall–Kier alpha value is -2.77. The van der Waals surface area contributed by atoms with Gasteiger partial charge in [0.25, 0.3) is 0 Å². The Morgan fingerprint density at radius 3 is 2.53 bits per heavy atom. The molecule has 0 aliphatic carbocycles. The van der Waals surface area contributed by atoms with Gasteiger partial charge in [-0.05, 0) is 56.8 Å². The summed E-state index contributed by atoms with van der Waals surface area (Å²) in [6.07, 6.45) is 1.73. The van der Waals surface area contributed by atoms with Gasteiger partial charge in [0.2, 0.25) is 0 Å². The summed E-state index contributed by atoms with van der Waals surface area (Å²) in [5.74, 6) is -0.347. The van der Waals surface area contributed by atoms with Crippen LogP contribution in [0.5, 0.6) is 5.75 Å². The molecule has 1 aromatic heterocycles. The van der Waals surface area contributed by atoms with Gasteiger partial charge in [-0.15, -0.1) is 0 Å². The number of benzene rings is 2. The molecular weight excluding hydrogens is 410 g/mol. The van der Waals surface area contributed by atoms with Gasteiger partial charge in [-0.25, -0.2) is 13.5 Å². The second kappa shape index (κ2) is 10.7. The van der Waals surface area contributed by atoms with Gasteiger partial charge in [0.15, 0.2) is 5.82 Å². The molecule has 1 N–H and O–H groups in total. The zero-order valence-corrected chi connectivity index (χ0v) is 19.5. The Morgan fingerprint density at radius 2 is 1.88 bits per heavy atom. The van der Waals surface area contributed by atoms with Crippen LogP contribution in [0.4, 0.5) is 8.78 Å². The lowest BCUT2D eigenvalue weighted by Crippen LogP contribution is -2.23. The molecule has 0 amide bonds. The maximum absolute atomic E-state index is 14.2. The summed E-state index contributed by atoms with van der Waals surface area (Å²) in [7, 11) is 1.70. The quantitative estimate of drug-likeness (QED) is 0.471. The molecule has 172 valence electrons. The monoisotopic (exact) mass is 442 g/mol. The van der Waals surface area contributed by atoms with Gasteiger partial charge in [0.1, 0.15) is 17.3 Å². The van der Waals surface area contributed by atoms with E-state index in [1.54, 1.807) is 13.3 Å². The largest absolute Gasteiger partial charge is 0.496 e. The van der Waals surface area contributed by atoms with Crippen LogP contribution in [0.1, 0.15) is 49.2 Å². The van der Waals surface area contributed by atoms with Crippen molar-refractivity contribution in [2.75, 3.05) is 20.2 Å². The molecule has 0 aliphatic heterocycles. The van der Waals surface area contributed by atoms with Gasteiger partial charge >= 0.3 is 0 Å². The highest BCUT2D eigenvalue weighted by Crippen LogP contribution is 2.24. The van der Waals surface area contributed by atoms with Gasteiger partial charge in [-0.2, -0.15) is 5.10 Å². The van der Waals surface area contributed by atoms with Crippen LogP contribution in [0.15, 0.2) is 42.6 Å². The van der Waals surface area contributed by atoms with Gasteiger partial charge in [0.05, 0.1) is 13.3 Å². The molecule has 3 rings (SSSR count). The minimum Gasteiger partial charge on any atom is -0.496 e. The first-order valence-electron chi connectivity index (χ1n) is 11.0. The van der Waals surface area contributed by atoms with Crippen molar-refractivity contribution < 1.29 is 13.5 Å². The Morgan fingerprint density at radius 1 is 1.12 bits per heavy atom. The van der Waals surface area contributed by atoms with Gasteiger partial charge < -0.3 is 10.1 Å². The second-order valence-electron chi connectivity index (χ2n) is 7.90. The number of methoxy groups -OCH3 is 1. The molecule has 0 unspecified atom stereocenters. The number of aromatic nitrogens is 2. The highest BCUT2D eigenvalue weighted by Gasteiger charge is 2.17. The molecule has 0 radical (unpaired) electrons. The van der Waals surface area contributed by atoms with Crippen molar-refractivity contribution in [3.63, 3.8) is 0 Å². The van der Waals surface area contributed by atoms with Crippen LogP contribution in [0, 0.1) is 18.6 Å². The summed E-state index contributed by atoms with van der Waals surface area (Å²) >= 11 is 0. The molecule has 5 nitrogen and oxygen atoms in total. The lowest BCUT2D eigenvalue weighted by molar-refractivity contribution is 0.289. The van der Waals surface area contributed by atoms with Crippen LogP contribution >= 0.6 is 0 Å². The summed E-state index contributed by atoms with van der Waals surface area (Å²) in [5, 5.41) is 7.86. The van der Waals surface area contributed by atoms with E-state index in [2.05, 4.69) is 48.2 Å². The van der Waals surface area contributed by atoms with Crippen molar-refractivity contribution in [3.8, 4) is 11.4 Å². The minimum atomic E-state index is -0.637. The molecule has 0 saturated carbocycles. The van der Waals surface area contributed by atoms with Crippen molar-refractivity contribution in [2.45, 2.75) is 46.8 Å². The number of hydrogen-bond acceptors (Lipinski definition) is 4. The van der Waals surface area contributed by atoms with E-state index in [1.165, 1.54) is 22.4 Å². The predicted molar refractivity (Wildman–Crippen MR) is 123 cm³/mol. The molecule has 0 aliphatic rings.